The van der Waals surface area contributed by atoms with E-state index in [1.807, 2.05) is 11.8 Å². The van der Waals surface area contributed by atoms with Crippen LogP contribution in [-0.4, -0.2) is 18.0 Å². The van der Waals surface area contributed by atoms with Gasteiger partial charge in [-0.05, 0) is 42.7 Å². The van der Waals surface area contributed by atoms with Crippen molar-refractivity contribution in [3.8, 4) is 0 Å². The quantitative estimate of drug-likeness (QED) is 0.692. The molecule has 1 saturated carbocycles. The van der Waals surface area contributed by atoms with Crippen LogP contribution in [0, 0.1) is 0 Å². The van der Waals surface area contributed by atoms with Gasteiger partial charge in [0.15, 0.2) is 0 Å². The van der Waals surface area contributed by atoms with Gasteiger partial charge in [0.2, 0.25) is 0 Å². The molecule has 106 valence electrons. The number of ether oxygens (including phenoxy) is 1. The monoisotopic (exact) mass is 286 g/mol. The fourth-order valence-electron chi connectivity index (χ4n) is 2.86. The molecule has 0 heterocycles. The van der Waals surface area contributed by atoms with E-state index in [-0.39, 0.29) is 0 Å². The molecule has 2 aromatic carbocycles. The van der Waals surface area contributed by atoms with Crippen molar-refractivity contribution in [3.63, 3.8) is 0 Å². The van der Waals surface area contributed by atoms with Crippen LogP contribution in [-0.2, 0) is 4.74 Å². The molecule has 1 aliphatic rings. The Morgan fingerprint density at radius 2 is 1.85 bits per heavy atom. The van der Waals surface area contributed by atoms with Crippen LogP contribution in [0.25, 0.3) is 10.8 Å². The normalized spacial score (nSPS) is 17.6. The Morgan fingerprint density at radius 1 is 1.10 bits per heavy atom. The van der Waals surface area contributed by atoms with E-state index in [9.17, 15) is 0 Å². The third-order valence-corrected chi connectivity index (χ3v) is 5.16. The molecule has 1 fully saturated rings. The van der Waals surface area contributed by atoms with E-state index in [1.54, 1.807) is 0 Å². The van der Waals surface area contributed by atoms with Crippen molar-refractivity contribution in [2.24, 2.45) is 0 Å². The highest BCUT2D eigenvalue weighted by Crippen LogP contribution is 2.27. The van der Waals surface area contributed by atoms with Gasteiger partial charge in [-0.3, -0.25) is 0 Å². The molecule has 0 saturated heterocycles. The summed E-state index contributed by atoms with van der Waals surface area (Å²) in [5.74, 6) is 1.04. The molecule has 2 heteroatoms. The van der Waals surface area contributed by atoms with Crippen LogP contribution < -0.4 is 0 Å². The first-order chi connectivity index (χ1) is 9.81. The number of hydrogen-bond acceptors (Lipinski definition) is 2. The molecule has 0 spiro atoms. The van der Waals surface area contributed by atoms with Gasteiger partial charge in [-0.25, -0.2) is 0 Å². The fourth-order valence-corrected chi connectivity index (χ4v) is 3.74. The molecule has 20 heavy (non-hydrogen) atoms. The van der Waals surface area contributed by atoms with Gasteiger partial charge in [-0.1, -0.05) is 43.2 Å². The zero-order valence-electron chi connectivity index (χ0n) is 12.0. The summed E-state index contributed by atoms with van der Waals surface area (Å²) < 4.78 is 6.10. The van der Waals surface area contributed by atoms with Gasteiger partial charge >= 0.3 is 0 Å². The van der Waals surface area contributed by atoms with Crippen molar-refractivity contribution < 1.29 is 4.74 Å². The molecule has 1 atom stereocenters. The molecule has 1 unspecified atom stereocenters. The maximum Gasteiger partial charge on any atom is 0.0644 e. The Morgan fingerprint density at radius 3 is 2.65 bits per heavy atom. The first-order valence-electron chi connectivity index (χ1n) is 7.58. The Balaban J connectivity index is 1.56. The second kappa shape index (κ2) is 6.64. The molecule has 1 nitrogen and oxygen atoms in total. The van der Waals surface area contributed by atoms with Gasteiger partial charge < -0.3 is 4.74 Å². The number of hydrogen-bond donors (Lipinski definition) is 0. The standard InChI is InChI=1S/C18H22OS/c1-14(19-17-8-4-5-9-17)13-20-18-11-10-15-6-2-3-7-16(15)12-18/h2-3,6-7,10-12,14,17H,4-5,8-9,13H2,1H3. The van der Waals surface area contributed by atoms with Crippen molar-refractivity contribution in [2.45, 2.75) is 49.7 Å². The zero-order chi connectivity index (χ0) is 13.8. The molecule has 0 N–H and O–H groups in total. The third-order valence-electron chi connectivity index (χ3n) is 3.93. The zero-order valence-corrected chi connectivity index (χ0v) is 12.9. The highest BCUT2D eigenvalue weighted by atomic mass is 32.2. The van der Waals surface area contributed by atoms with Crippen LogP contribution in [0.15, 0.2) is 47.4 Å². The Hall–Kier alpha value is -0.990. The summed E-state index contributed by atoms with van der Waals surface area (Å²) >= 11 is 1.90. The van der Waals surface area contributed by atoms with E-state index >= 15 is 0 Å². The largest absolute Gasteiger partial charge is 0.374 e. The third kappa shape index (κ3) is 3.56. The topological polar surface area (TPSA) is 9.23 Å². The average molecular weight is 286 g/mol. The second-order valence-electron chi connectivity index (χ2n) is 5.67. The summed E-state index contributed by atoms with van der Waals surface area (Å²) in [5, 5.41) is 2.63. The van der Waals surface area contributed by atoms with Gasteiger partial charge in [0.25, 0.3) is 0 Å². The van der Waals surface area contributed by atoms with Crippen LogP contribution in [0.3, 0.4) is 0 Å². The molecule has 0 radical (unpaired) electrons. The van der Waals surface area contributed by atoms with Gasteiger partial charge in [-0.2, -0.15) is 0 Å². The van der Waals surface area contributed by atoms with E-state index < -0.39 is 0 Å². The van der Waals surface area contributed by atoms with Crippen LogP contribution >= 0.6 is 11.8 Å². The van der Waals surface area contributed by atoms with Gasteiger partial charge in [-0.15, -0.1) is 11.8 Å². The first kappa shape index (κ1) is 14.0. The lowest BCUT2D eigenvalue weighted by Gasteiger charge is -2.18. The SMILES string of the molecule is CC(CSc1ccc2ccccc2c1)OC1CCCC1. The predicted molar refractivity (Wildman–Crippen MR) is 87.5 cm³/mol. The molecule has 0 bridgehead atoms. The lowest BCUT2D eigenvalue weighted by Crippen LogP contribution is -2.18. The van der Waals surface area contributed by atoms with E-state index in [2.05, 4.69) is 49.4 Å². The van der Waals surface area contributed by atoms with Crippen molar-refractivity contribution >= 4 is 22.5 Å². The van der Waals surface area contributed by atoms with E-state index in [0.29, 0.717) is 12.2 Å². The molecule has 2 aromatic rings. The summed E-state index contributed by atoms with van der Waals surface area (Å²) in [7, 11) is 0. The number of thioether (sulfide) groups is 1. The van der Waals surface area contributed by atoms with Crippen LogP contribution in [0.1, 0.15) is 32.6 Å². The summed E-state index contributed by atoms with van der Waals surface area (Å²) in [5.41, 5.74) is 0. The number of rotatable bonds is 5. The van der Waals surface area contributed by atoms with Crippen LogP contribution in [0.4, 0.5) is 0 Å². The Bertz CT molecular complexity index is 560. The van der Waals surface area contributed by atoms with Crippen molar-refractivity contribution in [1.29, 1.82) is 0 Å². The average Bonchev–Trinajstić information content (AvgIpc) is 2.98. The summed E-state index contributed by atoms with van der Waals surface area (Å²) in [4.78, 5) is 1.34. The molecule has 0 amide bonds. The predicted octanol–water partition coefficient (Wildman–Crippen LogP) is 5.28. The van der Waals surface area contributed by atoms with Crippen LogP contribution in [0.5, 0.6) is 0 Å². The molecule has 1 aliphatic carbocycles. The molecule has 0 aromatic heterocycles. The highest BCUT2D eigenvalue weighted by molar-refractivity contribution is 7.99. The van der Waals surface area contributed by atoms with E-state index in [0.717, 1.165) is 5.75 Å². The lowest BCUT2D eigenvalue weighted by atomic mass is 10.1. The summed E-state index contributed by atoms with van der Waals surface area (Å²) in [6.07, 6.45) is 6.05. The second-order valence-corrected chi connectivity index (χ2v) is 6.77. The maximum atomic E-state index is 6.10. The summed E-state index contributed by atoms with van der Waals surface area (Å²) in [6.45, 7) is 2.20. The fraction of sp³-hybridized carbons (Fsp3) is 0.444. The Kier molecular flexibility index (Phi) is 4.64. The van der Waals surface area contributed by atoms with Crippen molar-refractivity contribution in [2.75, 3.05) is 5.75 Å². The van der Waals surface area contributed by atoms with Crippen LogP contribution in [0.2, 0.25) is 0 Å². The Labute approximate surface area is 125 Å². The lowest BCUT2D eigenvalue weighted by molar-refractivity contribution is 0.0151. The van der Waals surface area contributed by atoms with E-state index in [1.165, 1.54) is 41.4 Å². The van der Waals surface area contributed by atoms with Gasteiger partial charge in [0.05, 0.1) is 12.2 Å². The number of benzene rings is 2. The van der Waals surface area contributed by atoms with Crippen molar-refractivity contribution in [3.05, 3.63) is 42.5 Å². The molecular formula is C18H22OS. The molecular weight excluding hydrogens is 264 g/mol. The maximum absolute atomic E-state index is 6.10. The minimum atomic E-state index is 0.342. The van der Waals surface area contributed by atoms with Gasteiger partial charge in [0.1, 0.15) is 0 Å². The minimum Gasteiger partial charge on any atom is -0.374 e. The first-order valence-corrected chi connectivity index (χ1v) is 8.57. The highest BCUT2D eigenvalue weighted by Gasteiger charge is 2.18. The van der Waals surface area contributed by atoms with E-state index in [4.69, 9.17) is 4.74 Å². The van der Waals surface area contributed by atoms with Crippen molar-refractivity contribution in [1.82, 2.24) is 0 Å². The minimum absolute atomic E-state index is 0.342. The molecule has 3 rings (SSSR count). The molecule has 0 aliphatic heterocycles. The number of fused-ring (bicyclic) bond motifs is 1. The summed E-state index contributed by atoms with van der Waals surface area (Å²) in [6, 6.07) is 15.2. The smallest absolute Gasteiger partial charge is 0.0644 e. The van der Waals surface area contributed by atoms with Gasteiger partial charge in [0, 0.05) is 10.6 Å².